The molecule has 0 aliphatic heterocycles. The van der Waals surface area contributed by atoms with Crippen LogP contribution in [0.25, 0.3) is 0 Å². The summed E-state index contributed by atoms with van der Waals surface area (Å²) in [6.07, 6.45) is -1.02. The van der Waals surface area contributed by atoms with Crippen LogP contribution in [0.4, 0.5) is 0 Å². The van der Waals surface area contributed by atoms with Crippen LogP contribution < -0.4 is 5.32 Å². The molecule has 2 N–H and O–H groups in total. The number of carbonyl (C=O) groups excluding carboxylic acids is 1. The second-order valence-electron chi connectivity index (χ2n) is 4.07. The van der Waals surface area contributed by atoms with E-state index in [9.17, 15) is 9.59 Å². The van der Waals surface area contributed by atoms with Gasteiger partial charge in [-0.3, -0.25) is 4.79 Å². The first-order valence-electron chi connectivity index (χ1n) is 5.85. The number of hydrogen-bond acceptors (Lipinski definition) is 4. The maximum absolute atomic E-state index is 11.6. The fourth-order valence-corrected chi connectivity index (χ4v) is 2.76. The highest BCUT2D eigenvalue weighted by molar-refractivity contribution is 9.10. The summed E-state index contributed by atoms with van der Waals surface area (Å²) in [5.41, 5.74) is 1.08. The zero-order valence-electron chi connectivity index (χ0n) is 11.2. The molecule has 0 aliphatic carbocycles. The van der Waals surface area contributed by atoms with Crippen LogP contribution in [-0.2, 0) is 14.3 Å². The molecule has 20 heavy (non-hydrogen) atoms. The van der Waals surface area contributed by atoms with E-state index in [0.717, 1.165) is 14.9 Å². The molecule has 0 aromatic heterocycles. The summed E-state index contributed by atoms with van der Waals surface area (Å²) in [6, 6.07) is 5.83. The van der Waals surface area contributed by atoms with E-state index in [4.69, 9.17) is 9.84 Å². The number of carboxylic acids is 1. The van der Waals surface area contributed by atoms with Crippen molar-refractivity contribution in [3.8, 4) is 0 Å². The molecule has 1 atom stereocenters. The minimum Gasteiger partial charge on any atom is -0.479 e. The molecular weight excluding hydrogens is 346 g/mol. The Hall–Kier alpha value is -1.05. The zero-order valence-corrected chi connectivity index (χ0v) is 13.6. The van der Waals surface area contributed by atoms with Gasteiger partial charge >= 0.3 is 5.97 Å². The van der Waals surface area contributed by atoms with Crippen molar-refractivity contribution in [3.63, 3.8) is 0 Å². The molecule has 1 rings (SSSR count). The van der Waals surface area contributed by atoms with Crippen molar-refractivity contribution in [2.45, 2.75) is 17.9 Å². The first-order valence-corrected chi connectivity index (χ1v) is 7.63. The Morgan fingerprint density at radius 1 is 1.50 bits per heavy atom. The molecule has 0 radical (unpaired) electrons. The number of carboxylic acid groups (broad SMARTS) is 1. The van der Waals surface area contributed by atoms with E-state index < -0.39 is 12.1 Å². The molecule has 110 valence electrons. The van der Waals surface area contributed by atoms with Crippen LogP contribution in [0.2, 0.25) is 0 Å². The maximum atomic E-state index is 11.6. The van der Waals surface area contributed by atoms with Gasteiger partial charge in [0.1, 0.15) is 0 Å². The molecular formula is C13H16BrNO4S. The Bertz CT molecular complexity index is 495. The normalized spacial score (nSPS) is 11.9. The first kappa shape index (κ1) is 17.0. The molecule has 0 heterocycles. The van der Waals surface area contributed by atoms with Crippen molar-refractivity contribution < 1.29 is 19.4 Å². The van der Waals surface area contributed by atoms with E-state index in [0.29, 0.717) is 0 Å². The average Bonchev–Trinajstić information content (AvgIpc) is 2.38. The van der Waals surface area contributed by atoms with Gasteiger partial charge in [-0.05, 0) is 30.7 Å². The molecule has 1 unspecified atom stereocenters. The number of aliphatic carboxylic acids is 1. The Morgan fingerprint density at radius 2 is 2.20 bits per heavy atom. The number of nitrogens with one attached hydrogen (secondary N) is 1. The molecule has 0 aliphatic rings. The predicted octanol–water partition coefficient (Wildman–Crippen LogP) is 2.07. The number of methoxy groups -OCH3 is 1. The summed E-state index contributed by atoms with van der Waals surface area (Å²) in [7, 11) is 1.30. The van der Waals surface area contributed by atoms with E-state index in [2.05, 4.69) is 21.2 Å². The van der Waals surface area contributed by atoms with Gasteiger partial charge in [-0.1, -0.05) is 15.9 Å². The third-order valence-corrected chi connectivity index (χ3v) is 4.21. The molecule has 0 fully saturated rings. The highest BCUT2D eigenvalue weighted by Gasteiger charge is 2.17. The summed E-state index contributed by atoms with van der Waals surface area (Å²) in [4.78, 5) is 23.4. The molecule has 0 saturated heterocycles. The lowest BCUT2D eigenvalue weighted by molar-refractivity contribution is -0.148. The topological polar surface area (TPSA) is 75.6 Å². The lowest BCUT2D eigenvalue weighted by atomic mass is 10.2. The van der Waals surface area contributed by atoms with Crippen LogP contribution in [0.1, 0.15) is 5.56 Å². The molecule has 0 bridgehead atoms. The number of hydrogen-bond donors (Lipinski definition) is 2. The Balaban J connectivity index is 2.41. The molecule has 7 heteroatoms. The van der Waals surface area contributed by atoms with Gasteiger partial charge < -0.3 is 15.2 Å². The largest absolute Gasteiger partial charge is 0.479 e. The fraction of sp³-hybridized carbons (Fsp3) is 0.385. The highest BCUT2D eigenvalue weighted by Crippen LogP contribution is 2.24. The summed E-state index contributed by atoms with van der Waals surface area (Å²) in [6.45, 7) is 1.93. The first-order chi connectivity index (χ1) is 9.43. The lowest BCUT2D eigenvalue weighted by Gasteiger charge is -2.11. The number of aryl methyl sites for hydroxylation is 1. The number of thioether (sulfide) groups is 1. The Morgan fingerprint density at radius 3 is 2.75 bits per heavy atom. The zero-order chi connectivity index (χ0) is 15.1. The van der Waals surface area contributed by atoms with Crippen molar-refractivity contribution in [3.05, 3.63) is 28.2 Å². The smallest absolute Gasteiger partial charge is 0.334 e. The fourth-order valence-electron chi connectivity index (χ4n) is 1.45. The van der Waals surface area contributed by atoms with Crippen LogP contribution in [0.5, 0.6) is 0 Å². The van der Waals surface area contributed by atoms with Crippen LogP contribution >= 0.6 is 27.7 Å². The van der Waals surface area contributed by atoms with Gasteiger partial charge in [0.15, 0.2) is 6.10 Å². The van der Waals surface area contributed by atoms with Crippen LogP contribution in [-0.4, -0.2) is 42.5 Å². The van der Waals surface area contributed by atoms with Crippen molar-refractivity contribution in [2.75, 3.05) is 19.4 Å². The summed E-state index contributed by atoms with van der Waals surface area (Å²) < 4.78 is 5.72. The molecule has 5 nitrogen and oxygen atoms in total. The number of halogens is 1. The Kier molecular flexibility index (Phi) is 7.04. The minimum atomic E-state index is -1.09. The van der Waals surface area contributed by atoms with E-state index in [1.807, 2.05) is 25.1 Å². The lowest BCUT2D eigenvalue weighted by Crippen LogP contribution is -2.38. The molecule has 1 aromatic rings. The quantitative estimate of drug-likeness (QED) is 0.727. The van der Waals surface area contributed by atoms with Crippen molar-refractivity contribution >= 4 is 39.6 Å². The van der Waals surface area contributed by atoms with E-state index in [1.54, 1.807) is 0 Å². The number of rotatable bonds is 7. The van der Waals surface area contributed by atoms with E-state index in [-0.39, 0.29) is 18.2 Å². The van der Waals surface area contributed by atoms with Gasteiger partial charge in [0.05, 0.1) is 12.3 Å². The van der Waals surface area contributed by atoms with Gasteiger partial charge in [0.25, 0.3) is 0 Å². The van der Waals surface area contributed by atoms with Gasteiger partial charge in [0.2, 0.25) is 5.91 Å². The van der Waals surface area contributed by atoms with Crippen LogP contribution in [0.15, 0.2) is 27.6 Å². The third-order valence-electron chi connectivity index (χ3n) is 2.54. The molecule has 1 aromatic carbocycles. The molecule has 0 spiro atoms. The van der Waals surface area contributed by atoms with Gasteiger partial charge in [-0.15, -0.1) is 11.8 Å². The predicted molar refractivity (Wildman–Crippen MR) is 81.0 cm³/mol. The maximum Gasteiger partial charge on any atom is 0.334 e. The number of carbonyl (C=O) groups is 2. The third kappa shape index (κ3) is 5.52. The second kappa shape index (κ2) is 8.28. The summed E-state index contributed by atoms with van der Waals surface area (Å²) >= 11 is 4.79. The highest BCUT2D eigenvalue weighted by atomic mass is 79.9. The molecule has 0 saturated carbocycles. The average molecular weight is 362 g/mol. The number of amides is 1. The summed E-state index contributed by atoms with van der Waals surface area (Å²) in [5, 5.41) is 11.3. The van der Waals surface area contributed by atoms with Crippen molar-refractivity contribution in [2.24, 2.45) is 0 Å². The monoisotopic (exact) mass is 361 g/mol. The van der Waals surface area contributed by atoms with Gasteiger partial charge in [0, 0.05) is 16.5 Å². The standard InChI is InChI=1S/C13H16BrNO4S/c1-8-5-9(14)3-4-11(8)20-7-12(16)15-6-10(19-2)13(17)18/h3-5,10H,6-7H2,1-2H3,(H,15,16)(H,17,18). The van der Waals surface area contributed by atoms with Gasteiger partial charge in [-0.25, -0.2) is 4.79 Å². The van der Waals surface area contributed by atoms with Crippen LogP contribution in [0, 0.1) is 6.92 Å². The van der Waals surface area contributed by atoms with Crippen LogP contribution in [0.3, 0.4) is 0 Å². The van der Waals surface area contributed by atoms with Crippen molar-refractivity contribution in [1.82, 2.24) is 5.32 Å². The number of benzene rings is 1. The summed E-state index contributed by atoms with van der Waals surface area (Å²) in [5.74, 6) is -1.08. The number of ether oxygens (including phenoxy) is 1. The van der Waals surface area contributed by atoms with Crippen molar-refractivity contribution in [1.29, 1.82) is 0 Å². The Labute approximate surface area is 130 Å². The van der Waals surface area contributed by atoms with E-state index >= 15 is 0 Å². The SMILES string of the molecule is COC(CNC(=O)CSc1ccc(Br)cc1C)C(=O)O. The minimum absolute atomic E-state index is 0.0372. The second-order valence-corrected chi connectivity index (χ2v) is 6.00. The van der Waals surface area contributed by atoms with Gasteiger partial charge in [-0.2, -0.15) is 0 Å². The molecule has 1 amide bonds. The van der Waals surface area contributed by atoms with E-state index in [1.165, 1.54) is 18.9 Å².